The summed E-state index contributed by atoms with van der Waals surface area (Å²) in [5, 5.41) is 0. The highest BCUT2D eigenvalue weighted by Gasteiger charge is 2.44. The number of fused-ring (bicyclic) bond motifs is 3. The SMILES string of the molecule is Cc1cccc(C2=CC3(C)CCC(=O)N3c3ccc(C)cc32)c1. The van der Waals surface area contributed by atoms with Gasteiger partial charge in [0.05, 0.1) is 11.2 Å². The second kappa shape index (κ2) is 4.82. The van der Waals surface area contributed by atoms with Crippen LogP contribution in [0, 0.1) is 13.8 Å². The van der Waals surface area contributed by atoms with Gasteiger partial charge in [-0.2, -0.15) is 0 Å². The Morgan fingerprint density at radius 1 is 1.04 bits per heavy atom. The smallest absolute Gasteiger partial charge is 0.227 e. The molecule has 1 unspecified atom stereocenters. The fourth-order valence-electron chi connectivity index (χ4n) is 3.92. The highest BCUT2D eigenvalue weighted by Crippen LogP contribution is 2.47. The predicted octanol–water partition coefficient (Wildman–Crippen LogP) is 4.63. The van der Waals surface area contributed by atoms with E-state index >= 15 is 0 Å². The Hall–Kier alpha value is -2.35. The van der Waals surface area contributed by atoms with Crippen LogP contribution in [0.5, 0.6) is 0 Å². The van der Waals surface area contributed by atoms with Crippen molar-refractivity contribution in [1.82, 2.24) is 0 Å². The molecule has 4 rings (SSSR count). The van der Waals surface area contributed by atoms with Gasteiger partial charge in [0.25, 0.3) is 0 Å². The molecular formula is C21H21NO. The van der Waals surface area contributed by atoms with Crippen molar-refractivity contribution in [2.24, 2.45) is 0 Å². The van der Waals surface area contributed by atoms with Crippen molar-refractivity contribution in [3.63, 3.8) is 0 Å². The molecule has 0 saturated carbocycles. The van der Waals surface area contributed by atoms with E-state index in [2.05, 4.69) is 69.3 Å². The van der Waals surface area contributed by atoms with Crippen molar-refractivity contribution in [1.29, 1.82) is 0 Å². The minimum Gasteiger partial charge on any atom is -0.302 e. The molecule has 1 atom stereocenters. The van der Waals surface area contributed by atoms with E-state index in [1.165, 1.54) is 27.8 Å². The minimum absolute atomic E-state index is 0.210. The first-order chi connectivity index (χ1) is 11.0. The van der Waals surface area contributed by atoms with Crippen molar-refractivity contribution < 1.29 is 4.79 Å². The van der Waals surface area contributed by atoms with Gasteiger partial charge in [-0.05, 0) is 50.5 Å². The minimum atomic E-state index is -0.210. The molecule has 0 radical (unpaired) electrons. The molecule has 2 aromatic carbocycles. The van der Waals surface area contributed by atoms with Crippen LogP contribution >= 0.6 is 0 Å². The van der Waals surface area contributed by atoms with E-state index in [9.17, 15) is 4.79 Å². The van der Waals surface area contributed by atoms with Crippen molar-refractivity contribution in [3.8, 4) is 0 Å². The summed E-state index contributed by atoms with van der Waals surface area (Å²) >= 11 is 0. The summed E-state index contributed by atoms with van der Waals surface area (Å²) in [5.41, 5.74) is 6.98. The van der Waals surface area contributed by atoms with Gasteiger partial charge < -0.3 is 4.90 Å². The Morgan fingerprint density at radius 2 is 1.83 bits per heavy atom. The van der Waals surface area contributed by atoms with Gasteiger partial charge in [-0.3, -0.25) is 4.79 Å². The first-order valence-corrected chi connectivity index (χ1v) is 8.22. The maximum Gasteiger partial charge on any atom is 0.227 e. The zero-order valence-corrected chi connectivity index (χ0v) is 13.9. The molecule has 0 aromatic heterocycles. The second-order valence-corrected chi connectivity index (χ2v) is 7.03. The van der Waals surface area contributed by atoms with E-state index in [0.717, 1.165) is 12.1 Å². The van der Waals surface area contributed by atoms with Gasteiger partial charge in [0, 0.05) is 12.0 Å². The summed E-state index contributed by atoms with van der Waals surface area (Å²) in [6.45, 7) is 6.40. The van der Waals surface area contributed by atoms with Crippen LogP contribution in [0.1, 0.15) is 42.0 Å². The largest absolute Gasteiger partial charge is 0.302 e. The molecule has 2 aliphatic heterocycles. The first-order valence-electron chi connectivity index (χ1n) is 8.22. The van der Waals surface area contributed by atoms with E-state index in [1.54, 1.807) is 0 Å². The summed E-state index contributed by atoms with van der Waals surface area (Å²) in [6, 6.07) is 15.0. The van der Waals surface area contributed by atoms with Gasteiger partial charge in [0.15, 0.2) is 0 Å². The molecule has 2 heteroatoms. The number of benzene rings is 2. The normalized spacial score (nSPS) is 22.7. The average Bonchev–Trinajstić information content (AvgIpc) is 2.82. The van der Waals surface area contributed by atoms with Gasteiger partial charge in [-0.15, -0.1) is 0 Å². The van der Waals surface area contributed by atoms with E-state index in [-0.39, 0.29) is 11.4 Å². The van der Waals surface area contributed by atoms with Crippen LogP contribution in [-0.4, -0.2) is 11.4 Å². The average molecular weight is 303 g/mol. The molecule has 1 fully saturated rings. The quantitative estimate of drug-likeness (QED) is 0.752. The van der Waals surface area contributed by atoms with Crippen LogP contribution in [-0.2, 0) is 4.79 Å². The monoisotopic (exact) mass is 303 g/mol. The van der Waals surface area contributed by atoms with E-state index in [4.69, 9.17) is 0 Å². The van der Waals surface area contributed by atoms with E-state index < -0.39 is 0 Å². The molecule has 0 bridgehead atoms. The highest BCUT2D eigenvalue weighted by atomic mass is 16.2. The summed E-state index contributed by atoms with van der Waals surface area (Å²) in [4.78, 5) is 14.5. The Kier molecular flexibility index (Phi) is 2.99. The molecule has 1 amide bonds. The number of amides is 1. The third-order valence-corrected chi connectivity index (χ3v) is 5.07. The third-order valence-electron chi connectivity index (χ3n) is 5.07. The summed E-state index contributed by atoms with van der Waals surface area (Å²) < 4.78 is 0. The summed E-state index contributed by atoms with van der Waals surface area (Å²) in [6.07, 6.45) is 3.81. The number of anilines is 1. The lowest BCUT2D eigenvalue weighted by Gasteiger charge is -2.39. The molecule has 116 valence electrons. The maximum atomic E-state index is 12.5. The summed E-state index contributed by atoms with van der Waals surface area (Å²) in [7, 11) is 0. The zero-order valence-electron chi connectivity index (χ0n) is 13.9. The number of carbonyl (C=O) groups is 1. The molecule has 0 N–H and O–H groups in total. The lowest BCUT2D eigenvalue weighted by molar-refractivity contribution is -0.117. The standard InChI is InChI=1S/C21H21NO/c1-14-5-4-6-16(11-14)18-13-21(3)10-9-20(23)22(21)19-8-7-15(2)12-17(18)19/h4-8,11-13H,9-10H2,1-3H3. The Bertz CT molecular complexity index is 849. The number of nitrogens with zero attached hydrogens (tertiary/aromatic N) is 1. The van der Waals surface area contributed by atoms with Crippen LogP contribution in [0.25, 0.3) is 5.57 Å². The van der Waals surface area contributed by atoms with Crippen molar-refractivity contribution in [2.45, 2.75) is 39.2 Å². The molecule has 2 aliphatic rings. The number of carbonyl (C=O) groups excluding carboxylic acids is 1. The summed E-state index contributed by atoms with van der Waals surface area (Å²) in [5.74, 6) is 0.233. The zero-order chi connectivity index (χ0) is 16.2. The van der Waals surface area contributed by atoms with Crippen LogP contribution in [0.3, 0.4) is 0 Å². The van der Waals surface area contributed by atoms with Gasteiger partial charge in [-0.1, -0.05) is 47.5 Å². The number of hydrogen-bond donors (Lipinski definition) is 0. The van der Waals surface area contributed by atoms with Gasteiger partial charge in [0.2, 0.25) is 5.91 Å². The van der Waals surface area contributed by atoms with Crippen LogP contribution < -0.4 is 4.90 Å². The second-order valence-electron chi connectivity index (χ2n) is 7.03. The maximum absolute atomic E-state index is 12.5. The fraction of sp³-hybridized carbons (Fsp3) is 0.286. The molecule has 0 spiro atoms. The molecular weight excluding hydrogens is 282 g/mol. The molecule has 0 aliphatic carbocycles. The number of aryl methyl sites for hydroxylation is 2. The lowest BCUT2D eigenvalue weighted by Crippen LogP contribution is -2.44. The molecule has 2 nitrogen and oxygen atoms in total. The molecule has 2 heterocycles. The topological polar surface area (TPSA) is 20.3 Å². The van der Waals surface area contributed by atoms with Crippen molar-refractivity contribution in [3.05, 3.63) is 70.8 Å². The molecule has 2 aromatic rings. The Labute approximate surface area is 137 Å². The van der Waals surface area contributed by atoms with Crippen molar-refractivity contribution >= 4 is 17.2 Å². The van der Waals surface area contributed by atoms with Gasteiger partial charge in [-0.25, -0.2) is 0 Å². The Morgan fingerprint density at radius 3 is 2.61 bits per heavy atom. The molecule has 23 heavy (non-hydrogen) atoms. The van der Waals surface area contributed by atoms with Crippen LogP contribution in [0.4, 0.5) is 5.69 Å². The lowest BCUT2D eigenvalue weighted by atomic mass is 9.83. The molecule has 1 saturated heterocycles. The van der Waals surface area contributed by atoms with Gasteiger partial charge in [0.1, 0.15) is 0 Å². The number of rotatable bonds is 1. The van der Waals surface area contributed by atoms with Gasteiger partial charge >= 0.3 is 0 Å². The first kappa shape index (κ1) is 14.3. The third kappa shape index (κ3) is 2.13. The van der Waals surface area contributed by atoms with Crippen LogP contribution in [0.2, 0.25) is 0 Å². The van der Waals surface area contributed by atoms with Crippen molar-refractivity contribution in [2.75, 3.05) is 4.90 Å². The van der Waals surface area contributed by atoms with Crippen LogP contribution in [0.15, 0.2) is 48.5 Å². The van der Waals surface area contributed by atoms with E-state index in [1.807, 2.05) is 4.90 Å². The Balaban J connectivity index is 1.99. The number of hydrogen-bond acceptors (Lipinski definition) is 1. The predicted molar refractivity (Wildman–Crippen MR) is 94.6 cm³/mol. The highest BCUT2D eigenvalue weighted by molar-refractivity contribution is 6.04. The fourth-order valence-corrected chi connectivity index (χ4v) is 3.92. The van der Waals surface area contributed by atoms with E-state index in [0.29, 0.717) is 6.42 Å².